The first-order valence-electron chi connectivity index (χ1n) is 4.63. The van der Waals surface area contributed by atoms with Crippen LogP contribution in [-0.2, 0) is 10.1 Å². The summed E-state index contributed by atoms with van der Waals surface area (Å²) in [6.07, 6.45) is 0. The molecule has 0 amide bonds. The molecule has 5 heteroatoms. The highest BCUT2D eigenvalue weighted by Crippen LogP contribution is 2.18. The fraction of sp³-hybridized carbons (Fsp3) is 0.400. The lowest BCUT2D eigenvalue weighted by atomic mass is 10.2. The molecule has 0 aliphatic heterocycles. The molecule has 0 heterocycles. The van der Waals surface area contributed by atoms with Gasteiger partial charge in [0.25, 0.3) is 10.1 Å². The first-order valence-corrected chi connectivity index (χ1v) is 6.07. The van der Waals surface area contributed by atoms with E-state index in [9.17, 15) is 8.42 Å². The zero-order chi connectivity index (χ0) is 11.6. The van der Waals surface area contributed by atoms with Crippen molar-refractivity contribution >= 4 is 15.8 Å². The van der Waals surface area contributed by atoms with E-state index >= 15 is 0 Å². The minimum Gasteiger partial charge on any atom is -0.372 e. The van der Waals surface area contributed by atoms with E-state index in [0.29, 0.717) is 6.04 Å². The van der Waals surface area contributed by atoms with E-state index < -0.39 is 10.1 Å². The van der Waals surface area contributed by atoms with Gasteiger partial charge in [-0.25, -0.2) is 0 Å². The van der Waals surface area contributed by atoms with Crippen molar-refractivity contribution in [3.63, 3.8) is 0 Å². The standard InChI is InChI=1S/C10H15NO3S/c1-8(2)11(3)9-4-6-10(7-5-9)15(12,13)14/h4-8H,1-3H3,(H,12,13,14). The summed E-state index contributed by atoms with van der Waals surface area (Å²) >= 11 is 0. The van der Waals surface area contributed by atoms with Crippen LogP contribution in [-0.4, -0.2) is 26.1 Å². The molecular formula is C10H15NO3S. The van der Waals surface area contributed by atoms with Crippen LogP contribution < -0.4 is 4.90 Å². The molecule has 4 nitrogen and oxygen atoms in total. The maximum absolute atomic E-state index is 10.8. The molecule has 84 valence electrons. The smallest absolute Gasteiger partial charge is 0.294 e. The van der Waals surface area contributed by atoms with Crippen LogP contribution in [0.3, 0.4) is 0 Å². The maximum atomic E-state index is 10.8. The van der Waals surface area contributed by atoms with Crippen LogP contribution in [0, 0.1) is 0 Å². The molecule has 0 atom stereocenters. The van der Waals surface area contributed by atoms with Crippen molar-refractivity contribution < 1.29 is 13.0 Å². The van der Waals surface area contributed by atoms with Crippen molar-refractivity contribution in [2.24, 2.45) is 0 Å². The van der Waals surface area contributed by atoms with Crippen molar-refractivity contribution in [2.75, 3.05) is 11.9 Å². The molecule has 0 radical (unpaired) electrons. The fourth-order valence-corrected chi connectivity index (χ4v) is 1.63. The van der Waals surface area contributed by atoms with Gasteiger partial charge in [-0.3, -0.25) is 4.55 Å². The Balaban J connectivity index is 3.01. The molecule has 15 heavy (non-hydrogen) atoms. The maximum Gasteiger partial charge on any atom is 0.294 e. The topological polar surface area (TPSA) is 57.6 Å². The number of rotatable bonds is 3. The van der Waals surface area contributed by atoms with Crippen LogP contribution in [0.15, 0.2) is 29.2 Å². The van der Waals surface area contributed by atoms with Crippen molar-refractivity contribution in [2.45, 2.75) is 24.8 Å². The Kier molecular flexibility index (Phi) is 3.36. The highest BCUT2D eigenvalue weighted by Gasteiger charge is 2.10. The van der Waals surface area contributed by atoms with E-state index in [2.05, 4.69) is 0 Å². The third-order valence-electron chi connectivity index (χ3n) is 2.32. The second-order valence-corrected chi connectivity index (χ2v) is 5.10. The van der Waals surface area contributed by atoms with Crippen molar-refractivity contribution in [3.8, 4) is 0 Å². The lowest BCUT2D eigenvalue weighted by Gasteiger charge is -2.23. The second-order valence-electron chi connectivity index (χ2n) is 3.67. The van der Waals surface area contributed by atoms with Gasteiger partial charge >= 0.3 is 0 Å². The molecule has 0 aliphatic rings. The molecule has 0 aliphatic carbocycles. The molecule has 0 saturated carbocycles. The molecule has 0 fully saturated rings. The minimum absolute atomic E-state index is 0.0802. The van der Waals surface area contributed by atoms with E-state index in [-0.39, 0.29) is 4.90 Å². The number of hydrogen-bond donors (Lipinski definition) is 1. The summed E-state index contributed by atoms with van der Waals surface area (Å²) < 4.78 is 30.4. The Morgan fingerprint density at radius 2 is 1.67 bits per heavy atom. The summed E-state index contributed by atoms with van der Waals surface area (Å²) in [5.41, 5.74) is 0.914. The predicted octanol–water partition coefficient (Wildman–Crippen LogP) is 1.78. The molecule has 0 aromatic heterocycles. The summed E-state index contributed by atoms with van der Waals surface area (Å²) in [5.74, 6) is 0. The molecule has 1 rings (SSSR count). The van der Waals surface area contributed by atoms with Gasteiger partial charge in [0.15, 0.2) is 0 Å². The van der Waals surface area contributed by atoms with Gasteiger partial charge in [-0.05, 0) is 38.1 Å². The van der Waals surface area contributed by atoms with Gasteiger partial charge in [0.05, 0.1) is 4.90 Å². The Labute approximate surface area is 90.3 Å². The Hall–Kier alpha value is -1.07. The number of anilines is 1. The summed E-state index contributed by atoms with van der Waals surface area (Å²) in [6.45, 7) is 4.08. The number of benzene rings is 1. The van der Waals surface area contributed by atoms with Gasteiger partial charge in [0.2, 0.25) is 0 Å². The predicted molar refractivity (Wildman–Crippen MR) is 59.8 cm³/mol. The van der Waals surface area contributed by atoms with Gasteiger partial charge in [-0.1, -0.05) is 0 Å². The molecule has 0 saturated heterocycles. The van der Waals surface area contributed by atoms with E-state index in [0.717, 1.165) is 5.69 Å². The lowest BCUT2D eigenvalue weighted by Crippen LogP contribution is -2.25. The third kappa shape index (κ3) is 2.94. The fourth-order valence-electron chi connectivity index (χ4n) is 1.15. The molecule has 0 bridgehead atoms. The largest absolute Gasteiger partial charge is 0.372 e. The van der Waals surface area contributed by atoms with Gasteiger partial charge < -0.3 is 4.90 Å². The SMILES string of the molecule is CC(C)N(C)c1ccc(S(=O)(=O)O)cc1. The minimum atomic E-state index is -4.08. The Bertz CT molecular complexity index is 422. The summed E-state index contributed by atoms with van der Waals surface area (Å²) in [4.78, 5) is 1.93. The Morgan fingerprint density at radius 3 is 2.00 bits per heavy atom. The summed E-state index contributed by atoms with van der Waals surface area (Å²) in [7, 11) is -2.16. The van der Waals surface area contributed by atoms with E-state index in [1.165, 1.54) is 12.1 Å². The molecule has 1 N–H and O–H groups in total. The van der Waals surface area contributed by atoms with Crippen molar-refractivity contribution in [3.05, 3.63) is 24.3 Å². The second kappa shape index (κ2) is 4.20. The summed E-state index contributed by atoms with van der Waals surface area (Å²) in [6, 6.07) is 6.46. The van der Waals surface area contributed by atoms with Gasteiger partial charge in [0, 0.05) is 18.8 Å². The highest BCUT2D eigenvalue weighted by molar-refractivity contribution is 7.85. The quantitative estimate of drug-likeness (QED) is 0.803. The van der Waals surface area contributed by atoms with Crippen LogP contribution in [0.4, 0.5) is 5.69 Å². The molecule has 1 aromatic rings. The first-order chi connectivity index (χ1) is 6.82. The van der Waals surface area contributed by atoms with E-state index in [4.69, 9.17) is 4.55 Å². The van der Waals surface area contributed by atoms with E-state index in [1.807, 2.05) is 25.8 Å². The van der Waals surface area contributed by atoms with Crippen LogP contribution in [0.25, 0.3) is 0 Å². The molecular weight excluding hydrogens is 214 g/mol. The molecule has 0 unspecified atom stereocenters. The van der Waals surface area contributed by atoms with Crippen molar-refractivity contribution in [1.29, 1.82) is 0 Å². The average Bonchev–Trinajstić information content (AvgIpc) is 2.15. The van der Waals surface area contributed by atoms with Gasteiger partial charge in [0.1, 0.15) is 0 Å². The number of nitrogens with zero attached hydrogens (tertiary/aromatic N) is 1. The van der Waals surface area contributed by atoms with Crippen LogP contribution in [0.2, 0.25) is 0 Å². The monoisotopic (exact) mass is 229 g/mol. The average molecular weight is 229 g/mol. The van der Waals surface area contributed by atoms with E-state index in [1.54, 1.807) is 12.1 Å². The zero-order valence-corrected chi connectivity index (χ0v) is 9.82. The zero-order valence-electron chi connectivity index (χ0n) is 9.01. The third-order valence-corrected chi connectivity index (χ3v) is 3.18. The summed E-state index contributed by atoms with van der Waals surface area (Å²) in [5, 5.41) is 0. The highest BCUT2D eigenvalue weighted by atomic mass is 32.2. The van der Waals surface area contributed by atoms with Crippen LogP contribution in [0.5, 0.6) is 0 Å². The van der Waals surface area contributed by atoms with Gasteiger partial charge in [-0.2, -0.15) is 8.42 Å². The normalized spacial score (nSPS) is 11.8. The first kappa shape index (κ1) is 12.0. The number of hydrogen-bond acceptors (Lipinski definition) is 3. The Morgan fingerprint density at radius 1 is 1.20 bits per heavy atom. The lowest BCUT2D eigenvalue weighted by molar-refractivity contribution is 0.483. The van der Waals surface area contributed by atoms with Gasteiger partial charge in [-0.15, -0.1) is 0 Å². The molecule has 1 aromatic carbocycles. The van der Waals surface area contributed by atoms with Crippen LogP contribution in [0.1, 0.15) is 13.8 Å². The van der Waals surface area contributed by atoms with Crippen LogP contribution >= 0.6 is 0 Å². The molecule has 0 spiro atoms. The van der Waals surface area contributed by atoms with Crippen molar-refractivity contribution in [1.82, 2.24) is 0 Å².